The van der Waals surface area contributed by atoms with Crippen molar-refractivity contribution in [1.82, 2.24) is 4.90 Å². The molecule has 0 atom stereocenters. The summed E-state index contributed by atoms with van der Waals surface area (Å²) in [6.45, 7) is 12.2. The van der Waals surface area contributed by atoms with Crippen LogP contribution in [0.1, 0.15) is 59.3 Å². The van der Waals surface area contributed by atoms with E-state index in [0.29, 0.717) is 12.0 Å². The average molecular weight is 282 g/mol. The van der Waals surface area contributed by atoms with Crippen molar-refractivity contribution in [1.29, 1.82) is 0 Å². The maximum Gasteiger partial charge on any atom is 0.0805 e. The summed E-state index contributed by atoms with van der Waals surface area (Å²) in [5, 5.41) is 0. The third-order valence-electron chi connectivity index (χ3n) is 5.51. The van der Waals surface area contributed by atoms with Crippen LogP contribution >= 0.6 is 0 Å². The van der Waals surface area contributed by atoms with Crippen LogP contribution in [0.4, 0.5) is 0 Å². The Labute approximate surface area is 125 Å². The summed E-state index contributed by atoms with van der Waals surface area (Å²) in [5.41, 5.74) is 6.45. The molecule has 1 aliphatic heterocycles. The third-order valence-corrected chi connectivity index (χ3v) is 5.51. The fourth-order valence-electron chi connectivity index (χ4n) is 3.81. The van der Waals surface area contributed by atoms with Crippen LogP contribution in [0.2, 0.25) is 0 Å². The summed E-state index contributed by atoms with van der Waals surface area (Å²) >= 11 is 0. The van der Waals surface area contributed by atoms with E-state index in [2.05, 4.69) is 25.7 Å². The van der Waals surface area contributed by atoms with Gasteiger partial charge in [-0.05, 0) is 62.9 Å². The van der Waals surface area contributed by atoms with Gasteiger partial charge in [0.05, 0.1) is 12.2 Å². The van der Waals surface area contributed by atoms with Crippen LogP contribution in [0, 0.1) is 11.3 Å². The minimum Gasteiger partial charge on any atom is -0.372 e. The highest BCUT2D eigenvalue weighted by molar-refractivity contribution is 4.91. The highest BCUT2D eigenvalue weighted by Crippen LogP contribution is 2.42. The van der Waals surface area contributed by atoms with E-state index in [1.54, 1.807) is 0 Å². The number of hydrogen-bond acceptors (Lipinski definition) is 3. The molecule has 0 aromatic heterocycles. The molecule has 0 spiro atoms. The predicted octanol–water partition coefficient (Wildman–Crippen LogP) is 3.03. The Bertz CT molecular complexity index is 284. The molecule has 0 amide bonds. The summed E-state index contributed by atoms with van der Waals surface area (Å²) in [7, 11) is 0. The van der Waals surface area contributed by atoms with Gasteiger partial charge >= 0.3 is 0 Å². The van der Waals surface area contributed by atoms with Gasteiger partial charge < -0.3 is 15.4 Å². The fourth-order valence-corrected chi connectivity index (χ4v) is 3.81. The van der Waals surface area contributed by atoms with Gasteiger partial charge in [-0.2, -0.15) is 0 Å². The van der Waals surface area contributed by atoms with E-state index in [-0.39, 0.29) is 5.60 Å². The SMILES string of the molecule is CC(C)(C)C1CCC(CN)(OCCN2CCCC2)CC1. The normalized spacial score (nSPS) is 32.7. The first-order chi connectivity index (χ1) is 9.45. The molecule has 1 saturated heterocycles. The van der Waals surface area contributed by atoms with E-state index in [1.807, 2.05) is 0 Å². The first-order valence-corrected chi connectivity index (χ1v) is 8.52. The quantitative estimate of drug-likeness (QED) is 0.842. The van der Waals surface area contributed by atoms with E-state index < -0.39 is 0 Å². The summed E-state index contributed by atoms with van der Waals surface area (Å²) in [5.74, 6) is 0.823. The van der Waals surface area contributed by atoms with Gasteiger partial charge in [-0.15, -0.1) is 0 Å². The zero-order valence-corrected chi connectivity index (χ0v) is 13.8. The fraction of sp³-hybridized carbons (Fsp3) is 1.00. The molecule has 118 valence electrons. The number of nitrogens with zero attached hydrogens (tertiary/aromatic N) is 1. The highest BCUT2D eigenvalue weighted by Gasteiger charge is 2.38. The number of ether oxygens (including phenoxy) is 1. The maximum absolute atomic E-state index is 6.28. The molecule has 3 heteroatoms. The molecule has 0 aromatic rings. The largest absolute Gasteiger partial charge is 0.372 e. The summed E-state index contributed by atoms with van der Waals surface area (Å²) in [6, 6.07) is 0. The number of rotatable bonds is 5. The lowest BCUT2D eigenvalue weighted by atomic mass is 9.68. The second kappa shape index (κ2) is 6.76. The second-order valence-corrected chi connectivity index (χ2v) is 7.92. The lowest BCUT2D eigenvalue weighted by Crippen LogP contribution is -2.46. The van der Waals surface area contributed by atoms with Crippen LogP contribution in [0.3, 0.4) is 0 Å². The van der Waals surface area contributed by atoms with E-state index in [1.165, 1.54) is 38.8 Å². The molecule has 3 nitrogen and oxygen atoms in total. The molecule has 0 radical (unpaired) electrons. The van der Waals surface area contributed by atoms with E-state index in [4.69, 9.17) is 10.5 Å². The molecule has 20 heavy (non-hydrogen) atoms. The molecule has 2 N–H and O–H groups in total. The third kappa shape index (κ3) is 4.19. The molecule has 1 heterocycles. The molecule has 1 aliphatic carbocycles. The van der Waals surface area contributed by atoms with Crippen LogP contribution in [0.15, 0.2) is 0 Å². The van der Waals surface area contributed by atoms with Gasteiger partial charge in [-0.25, -0.2) is 0 Å². The van der Waals surface area contributed by atoms with Crippen LogP contribution in [0.25, 0.3) is 0 Å². The lowest BCUT2D eigenvalue weighted by molar-refractivity contribution is -0.0834. The van der Waals surface area contributed by atoms with Crippen molar-refractivity contribution in [2.75, 3.05) is 32.8 Å². The van der Waals surface area contributed by atoms with Gasteiger partial charge in [0.2, 0.25) is 0 Å². The molecule has 2 fully saturated rings. The van der Waals surface area contributed by atoms with Gasteiger partial charge in [-0.3, -0.25) is 0 Å². The van der Waals surface area contributed by atoms with Crippen molar-refractivity contribution >= 4 is 0 Å². The molecule has 0 bridgehead atoms. The van der Waals surface area contributed by atoms with Crippen molar-refractivity contribution in [2.24, 2.45) is 17.1 Å². The Morgan fingerprint density at radius 1 is 1.15 bits per heavy atom. The van der Waals surface area contributed by atoms with Crippen LogP contribution in [-0.2, 0) is 4.74 Å². The molecule has 2 rings (SSSR count). The van der Waals surface area contributed by atoms with Crippen molar-refractivity contribution in [3.63, 3.8) is 0 Å². The minimum atomic E-state index is -0.0263. The molecular weight excluding hydrogens is 248 g/mol. The smallest absolute Gasteiger partial charge is 0.0805 e. The summed E-state index contributed by atoms with van der Waals surface area (Å²) < 4.78 is 6.28. The van der Waals surface area contributed by atoms with Crippen LogP contribution < -0.4 is 5.73 Å². The Morgan fingerprint density at radius 3 is 2.25 bits per heavy atom. The zero-order chi connectivity index (χ0) is 14.6. The van der Waals surface area contributed by atoms with Gasteiger partial charge in [0, 0.05) is 13.1 Å². The lowest BCUT2D eigenvalue weighted by Gasteiger charge is -2.43. The van der Waals surface area contributed by atoms with Crippen LogP contribution in [-0.4, -0.2) is 43.3 Å². The Kier molecular flexibility index (Phi) is 5.49. The van der Waals surface area contributed by atoms with Gasteiger partial charge in [-0.1, -0.05) is 20.8 Å². The first kappa shape index (κ1) is 16.3. The van der Waals surface area contributed by atoms with Gasteiger partial charge in [0.15, 0.2) is 0 Å². The average Bonchev–Trinajstić information content (AvgIpc) is 2.91. The number of hydrogen-bond donors (Lipinski definition) is 1. The zero-order valence-electron chi connectivity index (χ0n) is 13.8. The van der Waals surface area contributed by atoms with Crippen LogP contribution in [0.5, 0.6) is 0 Å². The Hall–Kier alpha value is -0.120. The standard InChI is InChI=1S/C17H34N2O/c1-16(2,3)15-6-8-17(14-18,9-7-15)20-13-12-19-10-4-5-11-19/h15H,4-14,18H2,1-3H3. The molecule has 0 aromatic carbocycles. The molecule has 1 saturated carbocycles. The van der Waals surface area contributed by atoms with Crippen molar-refractivity contribution in [3.8, 4) is 0 Å². The molecule has 2 aliphatic rings. The first-order valence-electron chi connectivity index (χ1n) is 8.52. The summed E-state index contributed by atoms with van der Waals surface area (Å²) in [4.78, 5) is 2.52. The van der Waals surface area contributed by atoms with Crippen molar-refractivity contribution in [3.05, 3.63) is 0 Å². The second-order valence-electron chi connectivity index (χ2n) is 7.92. The molecular formula is C17H34N2O. The number of nitrogens with two attached hydrogens (primary N) is 1. The van der Waals surface area contributed by atoms with Crippen molar-refractivity contribution in [2.45, 2.75) is 64.9 Å². The Morgan fingerprint density at radius 2 is 1.75 bits per heavy atom. The highest BCUT2D eigenvalue weighted by atomic mass is 16.5. The Balaban J connectivity index is 1.76. The van der Waals surface area contributed by atoms with Crippen molar-refractivity contribution < 1.29 is 4.74 Å². The minimum absolute atomic E-state index is 0.0263. The van der Waals surface area contributed by atoms with Gasteiger partial charge in [0.1, 0.15) is 0 Å². The van der Waals surface area contributed by atoms with E-state index >= 15 is 0 Å². The maximum atomic E-state index is 6.28. The van der Waals surface area contributed by atoms with Gasteiger partial charge in [0.25, 0.3) is 0 Å². The predicted molar refractivity (Wildman–Crippen MR) is 84.8 cm³/mol. The van der Waals surface area contributed by atoms with E-state index in [9.17, 15) is 0 Å². The topological polar surface area (TPSA) is 38.5 Å². The number of likely N-dealkylation sites (tertiary alicyclic amines) is 1. The molecule has 0 unspecified atom stereocenters. The monoisotopic (exact) mass is 282 g/mol. The summed E-state index contributed by atoms with van der Waals surface area (Å²) in [6.07, 6.45) is 7.54. The van der Waals surface area contributed by atoms with E-state index in [0.717, 1.165) is 31.9 Å².